The Kier molecular flexibility index (Phi) is 4.11. The summed E-state index contributed by atoms with van der Waals surface area (Å²) in [6, 6.07) is 1.34. The lowest BCUT2D eigenvalue weighted by atomic mass is 9.88. The highest BCUT2D eigenvalue weighted by atomic mass is 16.5. The predicted octanol–water partition coefficient (Wildman–Crippen LogP) is 1.87. The van der Waals surface area contributed by atoms with Gasteiger partial charge in [-0.25, -0.2) is 0 Å². The lowest BCUT2D eigenvalue weighted by molar-refractivity contribution is -0.00223. The Bertz CT molecular complexity index is 249. The molecule has 2 fully saturated rings. The van der Waals surface area contributed by atoms with Crippen LogP contribution in [-0.4, -0.2) is 48.8 Å². The van der Waals surface area contributed by atoms with Crippen LogP contribution in [0.1, 0.15) is 40.5 Å². The van der Waals surface area contributed by atoms with Gasteiger partial charge in [-0.15, -0.1) is 0 Å². The number of piperazine rings is 1. The lowest BCUT2D eigenvalue weighted by Crippen LogP contribution is -2.63. The minimum absolute atomic E-state index is 0.256. The van der Waals surface area contributed by atoms with Crippen molar-refractivity contribution in [3.05, 3.63) is 0 Å². The van der Waals surface area contributed by atoms with Gasteiger partial charge in [0.1, 0.15) is 0 Å². The van der Waals surface area contributed by atoms with E-state index in [1.165, 1.54) is 12.8 Å². The minimum atomic E-state index is 0.256. The average Bonchev–Trinajstić information content (AvgIpc) is 2.33. The summed E-state index contributed by atoms with van der Waals surface area (Å²) in [6.45, 7) is 13.6. The van der Waals surface area contributed by atoms with Crippen LogP contribution in [0.25, 0.3) is 0 Å². The molecule has 0 amide bonds. The fourth-order valence-corrected chi connectivity index (χ4v) is 3.22. The maximum Gasteiger partial charge on any atom is 0.0469 e. The molecule has 0 saturated carbocycles. The van der Waals surface area contributed by atoms with Gasteiger partial charge in [-0.05, 0) is 46.5 Å². The van der Waals surface area contributed by atoms with E-state index in [9.17, 15) is 0 Å². The van der Waals surface area contributed by atoms with E-state index in [2.05, 4.69) is 37.9 Å². The number of rotatable bonds is 2. The van der Waals surface area contributed by atoms with Crippen LogP contribution in [0.5, 0.6) is 0 Å². The van der Waals surface area contributed by atoms with Gasteiger partial charge in [0, 0.05) is 43.9 Å². The van der Waals surface area contributed by atoms with Crippen molar-refractivity contribution in [2.75, 3.05) is 26.3 Å². The molecule has 1 N–H and O–H groups in total. The van der Waals surface area contributed by atoms with Gasteiger partial charge < -0.3 is 10.1 Å². The average molecular weight is 240 g/mol. The van der Waals surface area contributed by atoms with Crippen LogP contribution >= 0.6 is 0 Å². The van der Waals surface area contributed by atoms with Crippen LogP contribution in [0.2, 0.25) is 0 Å². The zero-order chi connectivity index (χ0) is 12.5. The Morgan fingerprint density at radius 1 is 1.29 bits per heavy atom. The maximum absolute atomic E-state index is 5.47. The predicted molar refractivity (Wildman–Crippen MR) is 71.3 cm³/mol. The first-order chi connectivity index (χ1) is 7.99. The first-order valence-electron chi connectivity index (χ1n) is 7.08. The van der Waals surface area contributed by atoms with Crippen LogP contribution in [0.4, 0.5) is 0 Å². The molecule has 2 saturated heterocycles. The molecule has 100 valence electrons. The molecule has 0 aromatic rings. The van der Waals surface area contributed by atoms with Crippen molar-refractivity contribution in [2.45, 2.75) is 58.2 Å². The van der Waals surface area contributed by atoms with Crippen LogP contribution in [0, 0.1) is 5.92 Å². The topological polar surface area (TPSA) is 24.5 Å². The van der Waals surface area contributed by atoms with Crippen LogP contribution < -0.4 is 5.32 Å². The molecule has 2 aliphatic rings. The van der Waals surface area contributed by atoms with E-state index in [4.69, 9.17) is 4.74 Å². The Balaban J connectivity index is 1.98. The molecule has 0 spiro atoms. The van der Waals surface area contributed by atoms with Crippen molar-refractivity contribution in [1.82, 2.24) is 10.2 Å². The van der Waals surface area contributed by atoms with Crippen molar-refractivity contribution in [3.63, 3.8) is 0 Å². The normalized spacial score (nSPS) is 33.5. The van der Waals surface area contributed by atoms with Crippen molar-refractivity contribution >= 4 is 0 Å². The van der Waals surface area contributed by atoms with E-state index in [0.29, 0.717) is 12.1 Å². The van der Waals surface area contributed by atoms with Gasteiger partial charge in [0.25, 0.3) is 0 Å². The number of hydrogen-bond donors (Lipinski definition) is 1. The molecule has 0 bridgehead atoms. The van der Waals surface area contributed by atoms with Crippen LogP contribution in [-0.2, 0) is 4.74 Å². The van der Waals surface area contributed by atoms with Crippen LogP contribution in [0.3, 0.4) is 0 Å². The Morgan fingerprint density at radius 3 is 2.59 bits per heavy atom. The summed E-state index contributed by atoms with van der Waals surface area (Å²) in [7, 11) is 0. The monoisotopic (exact) mass is 240 g/mol. The second-order valence-corrected chi connectivity index (χ2v) is 6.48. The van der Waals surface area contributed by atoms with Gasteiger partial charge in [-0.2, -0.15) is 0 Å². The van der Waals surface area contributed by atoms with Crippen molar-refractivity contribution in [2.24, 2.45) is 5.92 Å². The van der Waals surface area contributed by atoms with Gasteiger partial charge in [-0.1, -0.05) is 0 Å². The molecule has 0 aliphatic carbocycles. The van der Waals surface area contributed by atoms with E-state index < -0.39 is 0 Å². The summed E-state index contributed by atoms with van der Waals surface area (Å²) >= 11 is 0. The Hall–Kier alpha value is -0.120. The maximum atomic E-state index is 5.47. The van der Waals surface area contributed by atoms with Gasteiger partial charge in [0.15, 0.2) is 0 Å². The molecule has 2 atom stereocenters. The first kappa shape index (κ1) is 13.3. The highest BCUT2D eigenvalue weighted by Crippen LogP contribution is 2.27. The van der Waals surface area contributed by atoms with E-state index in [1.54, 1.807) is 0 Å². The Morgan fingerprint density at radius 2 is 1.94 bits per heavy atom. The third-order valence-corrected chi connectivity index (χ3v) is 4.49. The number of nitrogens with zero attached hydrogens (tertiary/aromatic N) is 1. The molecule has 3 heteroatoms. The number of nitrogens with one attached hydrogen (secondary N) is 1. The first-order valence-corrected chi connectivity index (χ1v) is 7.08. The molecule has 2 rings (SSSR count). The number of hydrogen-bond acceptors (Lipinski definition) is 3. The zero-order valence-electron chi connectivity index (χ0n) is 11.8. The highest BCUT2D eigenvalue weighted by molar-refractivity contribution is 4.94. The van der Waals surface area contributed by atoms with Gasteiger partial charge in [0.2, 0.25) is 0 Å². The van der Waals surface area contributed by atoms with E-state index in [-0.39, 0.29) is 5.54 Å². The molecule has 2 heterocycles. The van der Waals surface area contributed by atoms with E-state index >= 15 is 0 Å². The second kappa shape index (κ2) is 5.25. The van der Waals surface area contributed by atoms with Crippen molar-refractivity contribution in [1.29, 1.82) is 0 Å². The molecule has 0 aromatic heterocycles. The number of ether oxygens (including phenoxy) is 1. The van der Waals surface area contributed by atoms with Gasteiger partial charge in [0.05, 0.1) is 0 Å². The SMILES string of the molecule is CC1CNC(C)(C)CN1C(C)C1CCOCC1. The lowest BCUT2D eigenvalue weighted by Gasteiger charge is -2.48. The molecule has 17 heavy (non-hydrogen) atoms. The molecular formula is C14H28N2O. The molecule has 0 radical (unpaired) electrons. The largest absolute Gasteiger partial charge is 0.381 e. The standard InChI is InChI=1S/C14H28N2O/c1-11-9-15-14(3,4)10-16(11)12(2)13-5-7-17-8-6-13/h11-13,15H,5-10H2,1-4H3. The summed E-state index contributed by atoms with van der Waals surface area (Å²) in [5, 5.41) is 3.63. The molecular weight excluding hydrogens is 212 g/mol. The fourth-order valence-electron chi connectivity index (χ4n) is 3.22. The van der Waals surface area contributed by atoms with Crippen molar-refractivity contribution in [3.8, 4) is 0 Å². The highest BCUT2D eigenvalue weighted by Gasteiger charge is 2.35. The molecule has 2 unspecified atom stereocenters. The van der Waals surface area contributed by atoms with Gasteiger partial charge >= 0.3 is 0 Å². The summed E-state index contributed by atoms with van der Waals surface area (Å²) in [6.07, 6.45) is 2.47. The third kappa shape index (κ3) is 3.21. The third-order valence-electron chi connectivity index (χ3n) is 4.49. The zero-order valence-corrected chi connectivity index (χ0v) is 11.8. The minimum Gasteiger partial charge on any atom is -0.381 e. The van der Waals surface area contributed by atoms with Gasteiger partial charge in [-0.3, -0.25) is 4.90 Å². The van der Waals surface area contributed by atoms with E-state index in [0.717, 1.165) is 32.2 Å². The summed E-state index contributed by atoms with van der Waals surface area (Å²) in [5.41, 5.74) is 0.256. The molecule has 3 nitrogen and oxygen atoms in total. The van der Waals surface area contributed by atoms with Crippen LogP contribution in [0.15, 0.2) is 0 Å². The Labute approximate surface area is 106 Å². The smallest absolute Gasteiger partial charge is 0.0469 e. The molecule has 0 aromatic carbocycles. The summed E-state index contributed by atoms with van der Waals surface area (Å²) in [4.78, 5) is 2.70. The quantitative estimate of drug-likeness (QED) is 0.797. The second-order valence-electron chi connectivity index (χ2n) is 6.48. The summed E-state index contributed by atoms with van der Waals surface area (Å²) < 4.78 is 5.47. The molecule has 2 aliphatic heterocycles. The summed E-state index contributed by atoms with van der Waals surface area (Å²) in [5.74, 6) is 0.820. The fraction of sp³-hybridized carbons (Fsp3) is 1.00. The van der Waals surface area contributed by atoms with Crippen molar-refractivity contribution < 1.29 is 4.74 Å². The van der Waals surface area contributed by atoms with E-state index in [1.807, 2.05) is 0 Å².